The minimum Gasteiger partial charge on any atom is -0.293 e. The number of halogens is 2. The van der Waals surface area contributed by atoms with Crippen LogP contribution in [0.5, 0.6) is 0 Å². The van der Waals surface area contributed by atoms with Crippen LogP contribution in [0.2, 0.25) is 0 Å². The summed E-state index contributed by atoms with van der Waals surface area (Å²) in [4.78, 5) is 28.3. The molecule has 2 aromatic carbocycles. The van der Waals surface area contributed by atoms with Crippen molar-refractivity contribution in [2.45, 2.75) is 36.0 Å². The average molecular weight is 729 g/mol. The van der Waals surface area contributed by atoms with Crippen molar-refractivity contribution < 1.29 is 9.59 Å². The Labute approximate surface area is 263 Å². The molecule has 0 aliphatic heterocycles. The predicted octanol–water partition coefficient (Wildman–Crippen LogP) is 7.34. The fourth-order valence-corrected chi connectivity index (χ4v) is 8.64. The van der Waals surface area contributed by atoms with Gasteiger partial charge in [-0.1, -0.05) is 79.6 Å². The highest BCUT2D eigenvalue weighted by atomic mass is 79.9. The van der Waals surface area contributed by atoms with Gasteiger partial charge >= 0.3 is 0 Å². The molecule has 13 heteroatoms. The van der Waals surface area contributed by atoms with Crippen LogP contribution in [0.15, 0.2) is 67.8 Å². The first-order valence-electron chi connectivity index (χ1n) is 12.9. The average Bonchev–Trinajstić information content (AvgIpc) is 3.70. The summed E-state index contributed by atoms with van der Waals surface area (Å²) in [5.41, 5.74) is 3.35. The monoisotopic (exact) mass is 726 g/mol. The molecule has 1 aliphatic rings. The number of rotatable bonds is 8. The maximum atomic E-state index is 13.0. The van der Waals surface area contributed by atoms with Gasteiger partial charge in [-0.15, -0.1) is 31.7 Å². The third-order valence-electron chi connectivity index (χ3n) is 7.03. The smallest absolute Gasteiger partial charge is 0.245 e. The molecule has 4 aromatic heterocycles. The lowest BCUT2D eigenvalue weighted by Crippen LogP contribution is -2.05. The van der Waals surface area contributed by atoms with E-state index in [0.29, 0.717) is 27.2 Å². The molecule has 8 nitrogen and oxygen atoms in total. The first-order valence-corrected chi connectivity index (χ1v) is 17.2. The Morgan fingerprint density at radius 1 is 0.756 bits per heavy atom. The molecule has 0 fully saturated rings. The van der Waals surface area contributed by atoms with Gasteiger partial charge in [-0.05, 0) is 55.5 Å². The third kappa shape index (κ3) is 5.05. The maximum absolute atomic E-state index is 13.0. The van der Waals surface area contributed by atoms with Crippen molar-refractivity contribution in [2.24, 2.45) is 0 Å². The Morgan fingerprint density at radius 3 is 1.95 bits per heavy atom. The van der Waals surface area contributed by atoms with Crippen LogP contribution in [0.4, 0.5) is 0 Å². The Balaban J connectivity index is 1.29. The predicted molar refractivity (Wildman–Crippen MR) is 170 cm³/mol. The number of hydrogen-bond donors (Lipinski definition) is 0. The summed E-state index contributed by atoms with van der Waals surface area (Å²) in [6, 6.07) is 14.7. The van der Waals surface area contributed by atoms with Crippen LogP contribution in [0.1, 0.15) is 44.0 Å². The van der Waals surface area contributed by atoms with Gasteiger partial charge in [-0.25, -0.2) is 8.80 Å². The standard InChI is InChI=1S/C28H20Br2N6O2S3/c29-17-9-5-15(6-10-17)20(37)13-39-27-33-31-24-23-19-3-1-2-4-22(19)41-25(23)36-26(35(24)27)32-34-28(36)40-14-21(38)16-7-11-18(30)12-8-16/h5-12H,1-4,13-14H2. The molecular weight excluding hydrogens is 708 g/mol. The number of nitrogens with zero attached hydrogens (tertiary/aromatic N) is 6. The second-order valence-corrected chi connectivity index (χ2v) is 14.4. The van der Waals surface area contributed by atoms with E-state index in [1.165, 1.54) is 34.0 Å². The zero-order valence-corrected chi connectivity index (χ0v) is 27.0. The molecule has 0 bridgehead atoms. The number of Topliss-reactive ketones (excluding diaryl/α,β-unsaturated/α-hetero) is 2. The van der Waals surface area contributed by atoms with Gasteiger partial charge in [0.2, 0.25) is 5.78 Å². The van der Waals surface area contributed by atoms with Gasteiger partial charge < -0.3 is 0 Å². The first kappa shape index (κ1) is 27.3. The van der Waals surface area contributed by atoms with Gasteiger partial charge in [0.15, 0.2) is 27.5 Å². The van der Waals surface area contributed by atoms with Gasteiger partial charge in [-0.3, -0.25) is 9.59 Å². The van der Waals surface area contributed by atoms with E-state index in [0.717, 1.165) is 50.5 Å². The summed E-state index contributed by atoms with van der Waals surface area (Å²) in [5.74, 6) is 1.06. The van der Waals surface area contributed by atoms with Crippen molar-refractivity contribution in [2.75, 3.05) is 11.5 Å². The van der Waals surface area contributed by atoms with Crippen molar-refractivity contribution in [3.8, 4) is 0 Å². The van der Waals surface area contributed by atoms with Crippen LogP contribution in [-0.4, -0.2) is 52.3 Å². The lowest BCUT2D eigenvalue weighted by molar-refractivity contribution is 0.101. The highest BCUT2D eigenvalue weighted by Gasteiger charge is 2.27. The van der Waals surface area contributed by atoms with Crippen molar-refractivity contribution in [1.82, 2.24) is 29.2 Å². The molecule has 41 heavy (non-hydrogen) atoms. The summed E-state index contributed by atoms with van der Waals surface area (Å²) in [6.45, 7) is 0. The molecule has 6 aromatic rings. The maximum Gasteiger partial charge on any atom is 0.245 e. The van der Waals surface area contributed by atoms with E-state index in [-0.39, 0.29) is 23.1 Å². The van der Waals surface area contributed by atoms with E-state index in [9.17, 15) is 9.59 Å². The van der Waals surface area contributed by atoms with Crippen LogP contribution in [0.3, 0.4) is 0 Å². The van der Waals surface area contributed by atoms with Crippen molar-refractivity contribution in [3.05, 3.63) is 79.0 Å². The van der Waals surface area contributed by atoms with E-state index in [4.69, 9.17) is 0 Å². The minimum absolute atomic E-state index is 0.00780. The Bertz CT molecular complexity index is 1970. The molecule has 0 saturated carbocycles. The fourth-order valence-electron chi connectivity index (χ4n) is 5.02. The fraction of sp³-hybridized carbons (Fsp3) is 0.214. The lowest BCUT2D eigenvalue weighted by Gasteiger charge is -2.10. The van der Waals surface area contributed by atoms with E-state index < -0.39 is 0 Å². The molecule has 0 N–H and O–H groups in total. The molecule has 1 aliphatic carbocycles. The number of carbonyl (C=O) groups excluding carboxylic acids is 2. The first-order chi connectivity index (χ1) is 20.0. The van der Waals surface area contributed by atoms with Gasteiger partial charge in [0.1, 0.15) is 4.83 Å². The molecule has 7 rings (SSSR count). The Hall–Kier alpha value is -2.58. The normalized spacial score (nSPS) is 13.3. The second-order valence-electron chi connectivity index (χ2n) is 9.59. The Morgan fingerprint density at radius 2 is 1.32 bits per heavy atom. The molecule has 0 atom stereocenters. The van der Waals surface area contributed by atoms with Gasteiger partial charge in [0.25, 0.3) is 0 Å². The summed E-state index contributed by atoms with van der Waals surface area (Å²) in [5, 5.41) is 20.5. The van der Waals surface area contributed by atoms with E-state index >= 15 is 0 Å². The summed E-state index contributed by atoms with van der Waals surface area (Å²) >= 11 is 11.3. The molecule has 0 spiro atoms. The molecule has 0 unspecified atom stereocenters. The zero-order valence-electron chi connectivity index (χ0n) is 21.3. The van der Waals surface area contributed by atoms with Crippen LogP contribution < -0.4 is 0 Å². The number of aromatic nitrogens is 6. The largest absolute Gasteiger partial charge is 0.293 e. The number of aryl methyl sites for hydroxylation is 2. The quantitative estimate of drug-likeness (QED) is 0.119. The van der Waals surface area contributed by atoms with Gasteiger partial charge in [0.05, 0.1) is 16.9 Å². The van der Waals surface area contributed by atoms with Crippen LogP contribution in [0.25, 0.3) is 21.6 Å². The molecule has 4 heterocycles. The van der Waals surface area contributed by atoms with Crippen molar-refractivity contribution >= 4 is 99.9 Å². The zero-order chi connectivity index (χ0) is 28.1. The Kier molecular flexibility index (Phi) is 7.48. The number of thiophene rings is 1. The van der Waals surface area contributed by atoms with E-state index in [1.54, 1.807) is 11.3 Å². The number of benzene rings is 2. The molecule has 0 saturated heterocycles. The van der Waals surface area contributed by atoms with E-state index in [2.05, 4.69) is 52.3 Å². The van der Waals surface area contributed by atoms with Crippen molar-refractivity contribution in [3.63, 3.8) is 0 Å². The molecular formula is C28H20Br2N6O2S3. The lowest BCUT2D eigenvalue weighted by atomic mass is 9.97. The number of fused-ring (bicyclic) bond motifs is 8. The van der Waals surface area contributed by atoms with Crippen molar-refractivity contribution in [1.29, 1.82) is 0 Å². The van der Waals surface area contributed by atoms with Crippen LogP contribution in [0, 0.1) is 0 Å². The topological polar surface area (TPSA) is 94.5 Å². The highest BCUT2D eigenvalue weighted by Crippen LogP contribution is 2.40. The number of thioether (sulfide) groups is 2. The molecule has 0 radical (unpaired) electrons. The van der Waals surface area contributed by atoms with Gasteiger partial charge in [-0.2, -0.15) is 0 Å². The second kappa shape index (κ2) is 11.3. The van der Waals surface area contributed by atoms with Crippen LogP contribution >= 0.6 is 66.7 Å². The SMILES string of the molecule is O=C(CSc1nnc2c3c4c(sc3n3c(SCC(=O)c5ccc(Br)cc5)nnc3n12)CCCC4)c1ccc(Br)cc1. The summed E-state index contributed by atoms with van der Waals surface area (Å²) in [7, 11) is 0. The molecule has 0 amide bonds. The number of carbonyl (C=O) groups is 2. The van der Waals surface area contributed by atoms with E-state index in [1.807, 2.05) is 57.3 Å². The third-order valence-corrected chi connectivity index (χ3v) is 11.2. The summed E-state index contributed by atoms with van der Waals surface area (Å²) in [6.07, 6.45) is 4.32. The van der Waals surface area contributed by atoms with Gasteiger partial charge in [0, 0.05) is 24.9 Å². The number of hydrogen-bond acceptors (Lipinski definition) is 9. The van der Waals surface area contributed by atoms with Crippen LogP contribution in [-0.2, 0) is 12.8 Å². The highest BCUT2D eigenvalue weighted by molar-refractivity contribution is 9.10. The number of ketones is 2. The summed E-state index contributed by atoms with van der Waals surface area (Å²) < 4.78 is 5.81. The minimum atomic E-state index is 0.00780. The molecule has 206 valence electrons.